The highest BCUT2D eigenvalue weighted by atomic mass is 32.2. The Morgan fingerprint density at radius 1 is 1.04 bits per heavy atom. The van der Waals surface area contributed by atoms with Gasteiger partial charge in [0.1, 0.15) is 0 Å². The minimum absolute atomic E-state index is 0.285. The van der Waals surface area contributed by atoms with Gasteiger partial charge in [0.05, 0.1) is 4.90 Å². The molecule has 6 heteroatoms. The van der Waals surface area contributed by atoms with E-state index in [1.54, 1.807) is 29.1 Å². The number of benzene rings is 1. The second-order valence-electron chi connectivity index (χ2n) is 5.28. The Balaban J connectivity index is 1.93. The molecule has 3 aromatic rings. The molecule has 0 amide bonds. The molecule has 4 nitrogen and oxygen atoms in total. The largest absolute Gasteiger partial charge is 0.280 e. The molecule has 118 valence electrons. The third-order valence-electron chi connectivity index (χ3n) is 3.61. The van der Waals surface area contributed by atoms with Gasteiger partial charge >= 0.3 is 0 Å². The molecule has 0 aliphatic carbocycles. The summed E-state index contributed by atoms with van der Waals surface area (Å²) in [7, 11) is -3.52. The molecule has 0 radical (unpaired) electrons. The number of nitrogens with zero attached hydrogens (tertiary/aromatic N) is 1. The number of aromatic nitrogens is 1. The van der Waals surface area contributed by atoms with E-state index >= 15 is 0 Å². The fourth-order valence-electron chi connectivity index (χ4n) is 2.39. The maximum absolute atomic E-state index is 12.3. The van der Waals surface area contributed by atoms with Crippen LogP contribution >= 0.6 is 11.3 Å². The van der Waals surface area contributed by atoms with Gasteiger partial charge in [0, 0.05) is 29.0 Å². The molecule has 23 heavy (non-hydrogen) atoms. The molecule has 0 aliphatic heterocycles. The van der Waals surface area contributed by atoms with Crippen LogP contribution in [0.5, 0.6) is 0 Å². The molecule has 1 aromatic carbocycles. The van der Waals surface area contributed by atoms with E-state index < -0.39 is 10.0 Å². The molecule has 1 N–H and O–H groups in total. The number of rotatable bonds is 4. The number of hydrogen-bond acceptors (Lipinski definition) is 4. The molecule has 0 saturated heterocycles. The molecule has 0 atom stereocenters. The lowest BCUT2D eigenvalue weighted by molar-refractivity contribution is 0.601. The third-order valence-corrected chi connectivity index (χ3v) is 5.82. The highest BCUT2D eigenvalue weighted by Gasteiger charge is 2.15. The van der Waals surface area contributed by atoms with Crippen molar-refractivity contribution in [2.45, 2.75) is 18.7 Å². The first-order valence-electron chi connectivity index (χ1n) is 7.04. The minimum Gasteiger partial charge on any atom is -0.280 e. The lowest BCUT2D eigenvalue weighted by Gasteiger charge is -2.12. The van der Waals surface area contributed by atoms with Crippen molar-refractivity contribution in [3.8, 4) is 11.1 Å². The molecule has 0 spiro atoms. The van der Waals surface area contributed by atoms with E-state index in [0.717, 1.165) is 22.3 Å². The standard InChI is InChI=1S/C17H16N2O2S2/c1-12-5-7-18-10-17(12)16-4-3-14(9-13(16)2)19-23(20,21)15-6-8-22-11-15/h3-11,19H,1-2H3. The fraction of sp³-hybridized carbons (Fsp3) is 0.118. The van der Waals surface area contributed by atoms with Crippen LogP contribution in [0, 0.1) is 13.8 Å². The number of aryl methyl sites for hydroxylation is 2. The zero-order valence-corrected chi connectivity index (χ0v) is 14.4. The first kappa shape index (κ1) is 15.7. The van der Waals surface area contributed by atoms with Crippen LogP contribution in [0.15, 0.2) is 58.4 Å². The number of pyridine rings is 1. The van der Waals surface area contributed by atoms with Crippen molar-refractivity contribution in [1.82, 2.24) is 4.98 Å². The van der Waals surface area contributed by atoms with E-state index in [4.69, 9.17) is 0 Å². The van der Waals surface area contributed by atoms with Crippen molar-refractivity contribution in [3.63, 3.8) is 0 Å². The summed E-state index contributed by atoms with van der Waals surface area (Å²) in [6.45, 7) is 3.99. The van der Waals surface area contributed by atoms with E-state index in [9.17, 15) is 8.42 Å². The third kappa shape index (κ3) is 3.28. The molecule has 0 unspecified atom stereocenters. The Hall–Kier alpha value is -2.18. The number of nitrogens with one attached hydrogen (secondary N) is 1. The van der Waals surface area contributed by atoms with Gasteiger partial charge in [-0.3, -0.25) is 9.71 Å². The summed E-state index contributed by atoms with van der Waals surface area (Å²) in [5.41, 5.74) is 4.78. The second-order valence-corrected chi connectivity index (χ2v) is 7.75. The lowest BCUT2D eigenvalue weighted by atomic mass is 9.98. The summed E-state index contributed by atoms with van der Waals surface area (Å²) in [6.07, 6.45) is 3.59. The highest BCUT2D eigenvalue weighted by Crippen LogP contribution is 2.28. The normalized spacial score (nSPS) is 11.4. The zero-order chi connectivity index (χ0) is 16.4. The van der Waals surface area contributed by atoms with Crippen LogP contribution in [0.25, 0.3) is 11.1 Å². The van der Waals surface area contributed by atoms with E-state index in [1.165, 1.54) is 11.3 Å². The molecule has 2 heterocycles. The molecule has 0 saturated carbocycles. The molecular weight excluding hydrogens is 328 g/mol. The van der Waals surface area contributed by atoms with E-state index in [-0.39, 0.29) is 4.90 Å². The quantitative estimate of drug-likeness (QED) is 0.770. The topological polar surface area (TPSA) is 59.1 Å². The molecule has 0 bridgehead atoms. The van der Waals surface area contributed by atoms with Crippen LogP contribution in [-0.2, 0) is 10.0 Å². The maximum Gasteiger partial charge on any atom is 0.262 e. The summed E-state index contributed by atoms with van der Waals surface area (Å²) < 4.78 is 27.2. The van der Waals surface area contributed by atoms with E-state index in [1.807, 2.05) is 38.2 Å². The SMILES string of the molecule is Cc1cc(NS(=O)(=O)c2ccsc2)ccc1-c1cnccc1C. The van der Waals surface area contributed by atoms with Gasteiger partial charge in [0.25, 0.3) is 10.0 Å². The molecule has 2 aromatic heterocycles. The van der Waals surface area contributed by atoms with Crippen molar-refractivity contribution >= 4 is 27.0 Å². The summed E-state index contributed by atoms with van der Waals surface area (Å²) in [5.74, 6) is 0. The van der Waals surface area contributed by atoms with E-state index in [0.29, 0.717) is 5.69 Å². The molecule has 0 aliphatic rings. The van der Waals surface area contributed by atoms with Gasteiger partial charge in [-0.2, -0.15) is 11.3 Å². The smallest absolute Gasteiger partial charge is 0.262 e. The number of hydrogen-bond donors (Lipinski definition) is 1. The van der Waals surface area contributed by atoms with Crippen LogP contribution in [0.1, 0.15) is 11.1 Å². The Morgan fingerprint density at radius 2 is 1.87 bits per heavy atom. The van der Waals surface area contributed by atoms with Gasteiger partial charge in [-0.25, -0.2) is 8.42 Å². The van der Waals surface area contributed by atoms with Crippen molar-refractivity contribution in [2.75, 3.05) is 4.72 Å². The van der Waals surface area contributed by atoms with Gasteiger partial charge in [-0.05, 0) is 60.2 Å². The Labute approximate surface area is 139 Å². The van der Waals surface area contributed by atoms with Crippen LogP contribution in [0.3, 0.4) is 0 Å². The van der Waals surface area contributed by atoms with Gasteiger partial charge < -0.3 is 0 Å². The molecule has 3 rings (SSSR count). The van der Waals surface area contributed by atoms with Gasteiger partial charge in [0.2, 0.25) is 0 Å². The van der Waals surface area contributed by atoms with Crippen LogP contribution in [-0.4, -0.2) is 13.4 Å². The predicted octanol–water partition coefficient (Wildman–Crippen LogP) is 4.23. The first-order chi connectivity index (χ1) is 11.0. The predicted molar refractivity (Wildman–Crippen MR) is 94.3 cm³/mol. The van der Waals surface area contributed by atoms with Crippen molar-refractivity contribution in [2.24, 2.45) is 0 Å². The first-order valence-corrected chi connectivity index (χ1v) is 9.46. The number of thiophene rings is 1. The maximum atomic E-state index is 12.3. The Kier molecular flexibility index (Phi) is 4.19. The highest BCUT2D eigenvalue weighted by molar-refractivity contribution is 7.92. The van der Waals surface area contributed by atoms with E-state index in [2.05, 4.69) is 9.71 Å². The lowest BCUT2D eigenvalue weighted by Crippen LogP contribution is -2.12. The van der Waals surface area contributed by atoms with Crippen molar-refractivity contribution in [3.05, 3.63) is 64.6 Å². The minimum atomic E-state index is -3.52. The summed E-state index contributed by atoms with van der Waals surface area (Å²) in [4.78, 5) is 4.45. The van der Waals surface area contributed by atoms with Crippen LogP contribution in [0.4, 0.5) is 5.69 Å². The van der Waals surface area contributed by atoms with Gasteiger partial charge in [0.15, 0.2) is 0 Å². The summed E-state index contributed by atoms with van der Waals surface area (Å²) in [5, 5.41) is 3.36. The number of sulfonamides is 1. The van der Waals surface area contributed by atoms with Crippen molar-refractivity contribution < 1.29 is 8.42 Å². The molecular formula is C17H16N2O2S2. The average molecular weight is 344 g/mol. The summed E-state index contributed by atoms with van der Waals surface area (Å²) in [6, 6.07) is 9.09. The van der Waals surface area contributed by atoms with Gasteiger partial charge in [-0.1, -0.05) is 6.07 Å². The zero-order valence-electron chi connectivity index (χ0n) is 12.8. The number of anilines is 1. The van der Waals surface area contributed by atoms with Crippen LogP contribution in [0.2, 0.25) is 0 Å². The Morgan fingerprint density at radius 3 is 2.52 bits per heavy atom. The van der Waals surface area contributed by atoms with Crippen LogP contribution < -0.4 is 4.72 Å². The average Bonchev–Trinajstić information content (AvgIpc) is 3.03. The molecule has 0 fully saturated rings. The monoisotopic (exact) mass is 344 g/mol. The second kappa shape index (κ2) is 6.14. The Bertz CT molecular complexity index is 933. The fourth-order valence-corrected chi connectivity index (χ4v) is 4.47. The van der Waals surface area contributed by atoms with Crippen molar-refractivity contribution in [1.29, 1.82) is 0 Å². The summed E-state index contributed by atoms with van der Waals surface area (Å²) >= 11 is 1.36. The van der Waals surface area contributed by atoms with Gasteiger partial charge in [-0.15, -0.1) is 0 Å².